The standard InChI is InChI=1S/C18H14N2/c1-2-8-17-14(6-1)12-15(13-19-17)16-7-5-11-20-10-4-3-9-18(16)20/h1-10,12-13H,11H2. The Morgan fingerprint density at radius 3 is 3.00 bits per heavy atom. The van der Waals surface area contributed by atoms with Gasteiger partial charge in [-0.25, -0.2) is 0 Å². The van der Waals surface area contributed by atoms with Crippen molar-refractivity contribution in [2.75, 3.05) is 6.54 Å². The zero-order valence-electron chi connectivity index (χ0n) is 11.0. The molecule has 0 aliphatic carbocycles. The summed E-state index contributed by atoms with van der Waals surface area (Å²) in [5, 5.41) is 1.18. The third kappa shape index (κ3) is 1.77. The Labute approximate surface area is 118 Å². The smallest absolute Gasteiger partial charge is 0.0702 e. The van der Waals surface area contributed by atoms with Gasteiger partial charge >= 0.3 is 0 Å². The summed E-state index contributed by atoms with van der Waals surface area (Å²) in [6.45, 7) is 0.931. The molecule has 2 aliphatic heterocycles. The number of nitrogens with zero attached hydrogens (tertiary/aromatic N) is 2. The van der Waals surface area contributed by atoms with Crippen LogP contribution in [0.15, 0.2) is 78.8 Å². The molecule has 0 saturated heterocycles. The molecule has 2 nitrogen and oxygen atoms in total. The summed E-state index contributed by atoms with van der Waals surface area (Å²) >= 11 is 0. The topological polar surface area (TPSA) is 16.1 Å². The minimum absolute atomic E-state index is 0.931. The van der Waals surface area contributed by atoms with Crippen LogP contribution >= 0.6 is 0 Å². The van der Waals surface area contributed by atoms with E-state index in [1.165, 1.54) is 22.2 Å². The number of rotatable bonds is 1. The van der Waals surface area contributed by atoms with E-state index >= 15 is 0 Å². The van der Waals surface area contributed by atoms with E-state index in [-0.39, 0.29) is 0 Å². The summed E-state index contributed by atoms with van der Waals surface area (Å²) in [4.78, 5) is 6.82. The lowest BCUT2D eigenvalue weighted by molar-refractivity contribution is 0.527. The average Bonchev–Trinajstić information content (AvgIpc) is 2.54. The quantitative estimate of drug-likeness (QED) is 0.771. The fraction of sp³-hybridized carbons (Fsp3) is 0.0556. The zero-order chi connectivity index (χ0) is 13.4. The first-order valence-electron chi connectivity index (χ1n) is 6.79. The maximum atomic E-state index is 4.57. The Balaban J connectivity index is 1.89. The van der Waals surface area contributed by atoms with E-state index in [1.54, 1.807) is 0 Å². The van der Waals surface area contributed by atoms with Crippen LogP contribution < -0.4 is 0 Å². The van der Waals surface area contributed by atoms with E-state index in [4.69, 9.17) is 0 Å². The molecule has 2 aliphatic rings. The first-order chi connectivity index (χ1) is 9.92. The van der Waals surface area contributed by atoms with E-state index in [1.807, 2.05) is 18.3 Å². The molecule has 0 radical (unpaired) electrons. The van der Waals surface area contributed by atoms with Crippen molar-refractivity contribution >= 4 is 16.5 Å². The molecular formula is C18H14N2. The molecule has 0 spiro atoms. The van der Waals surface area contributed by atoms with Crippen molar-refractivity contribution in [3.8, 4) is 0 Å². The Morgan fingerprint density at radius 2 is 2.00 bits per heavy atom. The fourth-order valence-electron chi connectivity index (χ4n) is 2.71. The van der Waals surface area contributed by atoms with Crippen LogP contribution in [0.1, 0.15) is 5.56 Å². The van der Waals surface area contributed by atoms with Crippen LogP contribution in [-0.4, -0.2) is 16.4 Å². The van der Waals surface area contributed by atoms with Gasteiger partial charge in [0.15, 0.2) is 0 Å². The van der Waals surface area contributed by atoms with Crippen LogP contribution in [0, 0.1) is 0 Å². The van der Waals surface area contributed by atoms with E-state index < -0.39 is 0 Å². The van der Waals surface area contributed by atoms with E-state index in [2.05, 4.69) is 64.7 Å². The maximum absolute atomic E-state index is 4.57. The van der Waals surface area contributed by atoms with Gasteiger partial charge in [0, 0.05) is 41.2 Å². The van der Waals surface area contributed by atoms with Crippen molar-refractivity contribution in [3.05, 3.63) is 84.4 Å². The van der Waals surface area contributed by atoms with Crippen molar-refractivity contribution in [3.63, 3.8) is 0 Å². The van der Waals surface area contributed by atoms with Gasteiger partial charge in [-0.2, -0.15) is 0 Å². The molecule has 0 bridgehead atoms. The molecule has 0 amide bonds. The number of hydrogen-bond donors (Lipinski definition) is 0. The van der Waals surface area contributed by atoms with Crippen molar-refractivity contribution in [2.45, 2.75) is 0 Å². The molecule has 2 heteroatoms. The van der Waals surface area contributed by atoms with Crippen LogP contribution in [0.5, 0.6) is 0 Å². The lowest BCUT2D eigenvalue weighted by Gasteiger charge is -2.27. The maximum Gasteiger partial charge on any atom is 0.0702 e. The highest BCUT2D eigenvalue weighted by atomic mass is 15.1. The molecule has 3 heterocycles. The van der Waals surface area contributed by atoms with Crippen LogP contribution in [0.2, 0.25) is 0 Å². The highest BCUT2D eigenvalue weighted by Crippen LogP contribution is 2.29. The van der Waals surface area contributed by atoms with Crippen molar-refractivity contribution in [1.82, 2.24) is 9.88 Å². The third-order valence-electron chi connectivity index (χ3n) is 3.70. The van der Waals surface area contributed by atoms with Gasteiger partial charge in [0.1, 0.15) is 0 Å². The predicted molar refractivity (Wildman–Crippen MR) is 82.8 cm³/mol. The molecule has 96 valence electrons. The minimum Gasteiger partial charge on any atom is -0.344 e. The Bertz CT molecular complexity index is 794. The van der Waals surface area contributed by atoms with Crippen molar-refractivity contribution in [2.24, 2.45) is 0 Å². The van der Waals surface area contributed by atoms with Gasteiger partial charge in [0.05, 0.1) is 5.52 Å². The Morgan fingerprint density at radius 1 is 1.05 bits per heavy atom. The number of hydrogen-bond acceptors (Lipinski definition) is 2. The zero-order valence-corrected chi connectivity index (χ0v) is 11.0. The van der Waals surface area contributed by atoms with Crippen molar-refractivity contribution in [1.29, 1.82) is 0 Å². The molecule has 4 rings (SSSR count). The van der Waals surface area contributed by atoms with Crippen LogP contribution in [0.3, 0.4) is 0 Å². The fourth-order valence-corrected chi connectivity index (χ4v) is 2.71. The highest BCUT2D eigenvalue weighted by Gasteiger charge is 2.15. The normalized spacial score (nSPS) is 16.9. The van der Waals surface area contributed by atoms with Gasteiger partial charge in [-0.15, -0.1) is 0 Å². The second-order valence-electron chi connectivity index (χ2n) is 4.97. The van der Waals surface area contributed by atoms with Gasteiger partial charge in [-0.3, -0.25) is 4.98 Å². The second kappa shape index (κ2) is 4.49. The van der Waals surface area contributed by atoms with Gasteiger partial charge < -0.3 is 4.90 Å². The molecule has 0 N–H and O–H groups in total. The molecule has 1 aromatic carbocycles. The summed E-state index contributed by atoms with van der Waals surface area (Å²) < 4.78 is 0. The summed E-state index contributed by atoms with van der Waals surface area (Å²) in [5.74, 6) is 0. The number of pyridine rings is 1. The molecule has 0 unspecified atom stereocenters. The van der Waals surface area contributed by atoms with Crippen LogP contribution in [-0.2, 0) is 0 Å². The first-order valence-corrected chi connectivity index (χ1v) is 6.79. The largest absolute Gasteiger partial charge is 0.344 e. The van der Waals surface area contributed by atoms with Gasteiger partial charge in [0.2, 0.25) is 0 Å². The van der Waals surface area contributed by atoms with E-state index in [0.29, 0.717) is 0 Å². The molecular weight excluding hydrogens is 244 g/mol. The number of aromatic nitrogens is 1. The lowest BCUT2D eigenvalue weighted by atomic mass is 9.99. The van der Waals surface area contributed by atoms with Crippen LogP contribution in [0.25, 0.3) is 16.5 Å². The van der Waals surface area contributed by atoms with Crippen molar-refractivity contribution < 1.29 is 0 Å². The molecule has 2 aromatic rings. The van der Waals surface area contributed by atoms with Gasteiger partial charge in [0.25, 0.3) is 0 Å². The van der Waals surface area contributed by atoms with Gasteiger partial charge in [-0.05, 0) is 24.3 Å². The summed E-state index contributed by atoms with van der Waals surface area (Å²) in [7, 11) is 0. The van der Waals surface area contributed by atoms with E-state index in [0.717, 1.165) is 12.1 Å². The number of para-hydroxylation sites is 1. The monoisotopic (exact) mass is 258 g/mol. The molecule has 0 atom stereocenters. The SMILES string of the molecule is C1=CC2=C(c3cnc4ccccc4c3)C=CCN2C=C1. The Hall–Kier alpha value is -2.61. The summed E-state index contributed by atoms with van der Waals surface area (Å²) in [6, 6.07) is 10.4. The lowest BCUT2D eigenvalue weighted by Crippen LogP contribution is -2.20. The minimum atomic E-state index is 0.931. The summed E-state index contributed by atoms with van der Waals surface area (Å²) in [6.07, 6.45) is 14.8. The van der Waals surface area contributed by atoms with E-state index in [9.17, 15) is 0 Å². The third-order valence-corrected chi connectivity index (χ3v) is 3.70. The first kappa shape index (κ1) is 11.2. The van der Waals surface area contributed by atoms with Crippen LogP contribution in [0.4, 0.5) is 0 Å². The molecule has 0 saturated carbocycles. The number of fused-ring (bicyclic) bond motifs is 2. The number of benzene rings is 1. The average molecular weight is 258 g/mol. The second-order valence-corrected chi connectivity index (χ2v) is 4.97. The predicted octanol–water partition coefficient (Wildman–Crippen LogP) is 3.90. The molecule has 0 fully saturated rings. The highest BCUT2D eigenvalue weighted by molar-refractivity contribution is 5.86. The molecule has 1 aromatic heterocycles. The molecule has 20 heavy (non-hydrogen) atoms. The Kier molecular flexibility index (Phi) is 2.52. The van der Waals surface area contributed by atoms with Gasteiger partial charge in [-0.1, -0.05) is 36.4 Å². The number of allylic oxidation sites excluding steroid dienone is 5. The summed E-state index contributed by atoms with van der Waals surface area (Å²) in [5.41, 5.74) is 4.68.